The average molecular weight is 269 g/mol. The summed E-state index contributed by atoms with van der Waals surface area (Å²) in [4.78, 5) is 11.7. The van der Waals surface area contributed by atoms with Gasteiger partial charge in [0.2, 0.25) is 11.7 Å². The van der Waals surface area contributed by atoms with Crippen LogP contribution >= 0.6 is 0 Å². The molecule has 1 N–H and O–H groups in total. The Hall–Kier alpha value is -2.68. The number of rotatable bonds is 6. The van der Waals surface area contributed by atoms with Gasteiger partial charge in [-0.2, -0.15) is 5.26 Å². The molecule has 102 valence electrons. The van der Waals surface area contributed by atoms with E-state index in [2.05, 4.69) is 27.6 Å². The molecule has 0 fully saturated rings. The highest BCUT2D eigenvalue weighted by Crippen LogP contribution is 2.01. The van der Waals surface area contributed by atoms with Crippen LogP contribution in [0, 0.1) is 11.3 Å². The molecule has 1 aromatic heterocycles. The highest BCUT2D eigenvalue weighted by Gasteiger charge is 2.07. The molecule has 1 amide bonds. The predicted molar refractivity (Wildman–Crippen MR) is 72.5 cm³/mol. The Morgan fingerprint density at radius 3 is 2.90 bits per heavy atom. The second kappa shape index (κ2) is 7.04. The van der Waals surface area contributed by atoms with Crippen LogP contribution in [0.15, 0.2) is 36.7 Å². The first-order valence-electron chi connectivity index (χ1n) is 6.38. The zero-order chi connectivity index (χ0) is 14.2. The van der Waals surface area contributed by atoms with Crippen LogP contribution in [0.4, 0.5) is 0 Å². The number of nitrogens with zero attached hydrogens (tertiary/aromatic N) is 4. The van der Waals surface area contributed by atoms with E-state index in [1.165, 1.54) is 16.5 Å². The van der Waals surface area contributed by atoms with Crippen LogP contribution < -0.4 is 5.32 Å². The number of nitrogens with one attached hydrogen (secondary N) is 1. The fourth-order valence-corrected chi connectivity index (χ4v) is 1.83. The van der Waals surface area contributed by atoms with Crippen LogP contribution in [0.5, 0.6) is 0 Å². The lowest BCUT2D eigenvalue weighted by Gasteiger charge is -2.06. The summed E-state index contributed by atoms with van der Waals surface area (Å²) >= 11 is 0. The number of carbonyl (C=O) groups excluding carboxylic acids is 1. The monoisotopic (exact) mass is 269 g/mol. The van der Waals surface area contributed by atoms with Crippen LogP contribution in [0.1, 0.15) is 17.8 Å². The van der Waals surface area contributed by atoms with E-state index in [0.717, 1.165) is 12.8 Å². The van der Waals surface area contributed by atoms with Crippen molar-refractivity contribution >= 4 is 5.91 Å². The molecule has 0 aliphatic rings. The summed E-state index contributed by atoms with van der Waals surface area (Å²) in [6.45, 7) is 0.680. The molecule has 1 aromatic carbocycles. The van der Waals surface area contributed by atoms with Crippen LogP contribution in [0.2, 0.25) is 0 Å². The maximum atomic E-state index is 11.7. The molecule has 0 saturated carbocycles. The van der Waals surface area contributed by atoms with Gasteiger partial charge in [0, 0.05) is 6.54 Å². The third-order valence-corrected chi connectivity index (χ3v) is 2.84. The second-order valence-electron chi connectivity index (χ2n) is 4.33. The highest BCUT2D eigenvalue weighted by molar-refractivity contribution is 5.75. The molecule has 0 radical (unpaired) electrons. The number of hydrogen-bond acceptors (Lipinski definition) is 4. The van der Waals surface area contributed by atoms with E-state index in [-0.39, 0.29) is 18.3 Å². The van der Waals surface area contributed by atoms with Crippen molar-refractivity contribution < 1.29 is 4.79 Å². The molecule has 2 aromatic rings. The summed E-state index contributed by atoms with van der Waals surface area (Å²) in [5, 5.41) is 18.8. The van der Waals surface area contributed by atoms with Crippen molar-refractivity contribution in [2.45, 2.75) is 19.4 Å². The summed E-state index contributed by atoms with van der Waals surface area (Å²) in [5.74, 6) is -0.00111. The smallest absolute Gasteiger partial charge is 0.240 e. The normalized spacial score (nSPS) is 9.95. The topological polar surface area (TPSA) is 83.6 Å². The average Bonchev–Trinajstić information content (AvgIpc) is 2.92. The summed E-state index contributed by atoms with van der Waals surface area (Å²) in [5.41, 5.74) is 1.26. The minimum Gasteiger partial charge on any atom is -0.355 e. The molecule has 0 unspecified atom stereocenters. The molecule has 0 aliphatic carbocycles. The zero-order valence-corrected chi connectivity index (χ0v) is 11.0. The van der Waals surface area contributed by atoms with E-state index in [1.807, 2.05) is 24.3 Å². The van der Waals surface area contributed by atoms with Gasteiger partial charge in [-0.25, -0.2) is 0 Å². The van der Waals surface area contributed by atoms with E-state index >= 15 is 0 Å². The number of benzene rings is 1. The predicted octanol–water partition coefficient (Wildman–Crippen LogP) is 0.899. The van der Waals surface area contributed by atoms with Crippen molar-refractivity contribution in [1.29, 1.82) is 5.26 Å². The lowest BCUT2D eigenvalue weighted by molar-refractivity contribution is -0.121. The van der Waals surface area contributed by atoms with Crippen molar-refractivity contribution in [3.05, 3.63) is 48.0 Å². The first-order chi connectivity index (χ1) is 9.79. The standard InChI is InChI=1S/C14H15N5O/c15-9-13-18-17-11-19(13)10-14(20)16-8-4-7-12-5-2-1-3-6-12/h1-3,5-6,11H,4,7-8,10H2,(H,16,20). The molecule has 0 spiro atoms. The van der Waals surface area contributed by atoms with Crippen LogP contribution in [-0.4, -0.2) is 27.2 Å². The van der Waals surface area contributed by atoms with Gasteiger partial charge in [-0.05, 0) is 18.4 Å². The third kappa shape index (κ3) is 3.92. The van der Waals surface area contributed by atoms with Gasteiger partial charge in [-0.1, -0.05) is 30.3 Å². The Morgan fingerprint density at radius 2 is 2.15 bits per heavy atom. The van der Waals surface area contributed by atoms with Gasteiger partial charge >= 0.3 is 0 Å². The Bertz CT molecular complexity index is 600. The first kappa shape index (κ1) is 13.7. The molecule has 6 heteroatoms. The van der Waals surface area contributed by atoms with E-state index in [9.17, 15) is 4.79 Å². The molecule has 0 atom stereocenters. The van der Waals surface area contributed by atoms with E-state index in [0.29, 0.717) is 6.54 Å². The molecular weight excluding hydrogens is 254 g/mol. The first-order valence-corrected chi connectivity index (χ1v) is 6.38. The van der Waals surface area contributed by atoms with Crippen molar-refractivity contribution in [2.75, 3.05) is 6.54 Å². The number of amides is 1. The van der Waals surface area contributed by atoms with Crippen LogP contribution in [0.3, 0.4) is 0 Å². The molecule has 0 bridgehead atoms. The number of aromatic nitrogens is 3. The molecule has 0 aliphatic heterocycles. The molecule has 2 rings (SSSR count). The van der Waals surface area contributed by atoms with Crippen molar-refractivity contribution in [3.8, 4) is 6.07 Å². The molecule has 1 heterocycles. The summed E-state index contributed by atoms with van der Waals surface area (Å²) in [6, 6.07) is 12.0. The Kier molecular flexibility index (Phi) is 4.84. The molecule has 20 heavy (non-hydrogen) atoms. The minimum atomic E-state index is -0.144. The van der Waals surface area contributed by atoms with E-state index in [4.69, 9.17) is 5.26 Å². The molecule has 0 saturated heterocycles. The number of hydrogen-bond donors (Lipinski definition) is 1. The van der Waals surface area contributed by atoms with Crippen LogP contribution in [-0.2, 0) is 17.8 Å². The van der Waals surface area contributed by atoms with Gasteiger partial charge < -0.3 is 5.32 Å². The fraction of sp³-hybridized carbons (Fsp3) is 0.286. The van der Waals surface area contributed by atoms with Crippen LogP contribution in [0.25, 0.3) is 0 Å². The zero-order valence-electron chi connectivity index (χ0n) is 11.0. The lowest BCUT2D eigenvalue weighted by Crippen LogP contribution is -2.28. The van der Waals surface area contributed by atoms with Gasteiger partial charge in [0.1, 0.15) is 18.9 Å². The van der Waals surface area contributed by atoms with Gasteiger partial charge in [-0.3, -0.25) is 9.36 Å². The van der Waals surface area contributed by atoms with E-state index < -0.39 is 0 Å². The fourth-order valence-electron chi connectivity index (χ4n) is 1.83. The lowest BCUT2D eigenvalue weighted by atomic mass is 10.1. The maximum absolute atomic E-state index is 11.7. The Labute approximate surface area is 117 Å². The highest BCUT2D eigenvalue weighted by atomic mass is 16.1. The summed E-state index contributed by atoms with van der Waals surface area (Å²) in [6.07, 6.45) is 3.18. The van der Waals surface area contributed by atoms with E-state index in [1.54, 1.807) is 0 Å². The van der Waals surface area contributed by atoms with Gasteiger partial charge in [0.05, 0.1) is 0 Å². The van der Waals surface area contributed by atoms with Gasteiger partial charge in [-0.15, -0.1) is 10.2 Å². The van der Waals surface area contributed by atoms with Gasteiger partial charge in [0.15, 0.2) is 0 Å². The summed E-state index contributed by atoms with van der Waals surface area (Å²) in [7, 11) is 0. The summed E-state index contributed by atoms with van der Waals surface area (Å²) < 4.78 is 1.42. The molecular formula is C14H15N5O. The quantitative estimate of drug-likeness (QED) is 0.790. The molecule has 6 nitrogen and oxygen atoms in total. The largest absolute Gasteiger partial charge is 0.355 e. The minimum absolute atomic E-state index is 0.0707. The Balaban J connectivity index is 1.70. The van der Waals surface area contributed by atoms with Gasteiger partial charge in [0.25, 0.3) is 0 Å². The SMILES string of the molecule is N#Cc1nncn1CC(=O)NCCCc1ccccc1. The maximum Gasteiger partial charge on any atom is 0.240 e. The second-order valence-corrected chi connectivity index (χ2v) is 4.33. The Morgan fingerprint density at radius 1 is 1.35 bits per heavy atom. The number of aryl methyl sites for hydroxylation is 1. The number of carbonyl (C=O) groups is 1. The third-order valence-electron chi connectivity index (χ3n) is 2.84. The van der Waals surface area contributed by atoms with Crippen molar-refractivity contribution in [1.82, 2.24) is 20.1 Å². The van der Waals surface area contributed by atoms with Crippen molar-refractivity contribution in [3.63, 3.8) is 0 Å². The number of nitriles is 1. The van der Waals surface area contributed by atoms with Crippen molar-refractivity contribution in [2.24, 2.45) is 0 Å².